The SMILES string of the molecule is COC(=O)c1ccc(CCNC(=O)c2ccncc2)cc1. The maximum absolute atomic E-state index is 11.8. The summed E-state index contributed by atoms with van der Waals surface area (Å²) in [5.41, 5.74) is 2.14. The largest absolute Gasteiger partial charge is 0.465 e. The molecule has 21 heavy (non-hydrogen) atoms. The molecule has 1 aromatic heterocycles. The predicted octanol–water partition coefficient (Wildman–Crippen LogP) is 1.84. The van der Waals surface area contributed by atoms with Crippen LogP contribution in [-0.2, 0) is 11.2 Å². The minimum Gasteiger partial charge on any atom is -0.465 e. The van der Waals surface area contributed by atoms with E-state index in [2.05, 4.69) is 15.0 Å². The average molecular weight is 284 g/mol. The van der Waals surface area contributed by atoms with Crippen LogP contribution < -0.4 is 5.32 Å². The van der Waals surface area contributed by atoms with Gasteiger partial charge in [-0.1, -0.05) is 12.1 Å². The summed E-state index contributed by atoms with van der Waals surface area (Å²) < 4.78 is 4.64. The molecule has 0 aliphatic heterocycles. The van der Waals surface area contributed by atoms with Crippen molar-refractivity contribution < 1.29 is 14.3 Å². The summed E-state index contributed by atoms with van der Waals surface area (Å²) in [5.74, 6) is -0.476. The van der Waals surface area contributed by atoms with Crippen molar-refractivity contribution in [3.05, 3.63) is 65.5 Å². The Balaban J connectivity index is 1.84. The number of esters is 1. The molecule has 1 N–H and O–H groups in total. The predicted molar refractivity (Wildman–Crippen MR) is 78.1 cm³/mol. The van der Waals surface area contributed by atoms with Crippen LogP contribution in [0.4, 0.5) is 0 Å². The van der Waals surface area contributed by atoms with Gasteiger partial charge in [0.25, 0.3) is 5.91 Å². The summed E-state index contributed by atoms with van der Waals surface area (Å²) in [6.45, 7) is 0.527. The van der Waals surface area contributed by atoms with Crippen LogP contribution in [0.3, 0.4) is 0 Å². The number of aromatic nitrogens is 1. The van der Waals surface area contributed by atoms with Gasteiger partial charge in [-0.05, 0) is 36.2 Å². The molecule has 0 bridgehead atoms. The maximum atomic E-state index is 11.8. The van der Waals surface area contributed by atoms with Gasteiger partial charge in [0.05, 0.1) is 12.7 Å². The van der Waals surface area contributed by atoms with Crippen molar-refractivity contribution in [1.82, 2.24) is 10.3 Å². The van der Waals surface area contributed by atoms with Crippen molar-refractivity contribution >= 4 is 11.9 Å². The maximum Gasteiger partial charge on any atom is 0.337 e. The van der Waals surface area contributed by atoms with Crippen LogP contribution in [0, 0.1) is 0 Å². The number of carbonyl (C=O) groups excluding carboxylic acids is 2. The number of hydrogen-bond donors (Lipinski definition) is 1. The van der Waals surface area contributed by atoms with Gasteiger partial charge < -0.3 is 10.1 Å². The Morgan fingerprint density at radius 2 is 1.71 bits per heavy atom. The van der Waals surface area contributed by atoms with E-state index in [1.165, 1.54) is 7.11 Å². The highest BCUT2D eigenvalue weighted by Gasteiger charge is 2.06. The third-order valence-electron chi connectivity index (χ3n) is 3.02. The second-order valence-electron chi connectivity index (χ2n) is 4.43. The fourth-order valence-corrected chi connectivity index (χ4v) is 1.85. The lowest BCUT2D eigenvalue weighted by atomic mass is 10.1. The van der Waals surface area contributed by atoms with Gasteiger partial charge in [0.2, 0.25) is 0 Å². The fraction of sp³-hybridized carbons (Fsp3) is 0.188. The number of pyridine rings is 1. The lowest BCUT2D eigenvalue weighted by molar-refractivity contribution is 0.0600. The molecular formula is C16H16N2O3. The fourth-order valence-electron chi connectivity index (χ4n) is 1.85. The first-order chi connectivity index (χ1) is 10.2. The van der Waals surface area contributed by atoms with E-state index in [1.807, 2.05) is 12.1 Å². The lowest BCUT2D eigenvalue weighted by Gasteiger charge is -2.06. The second-order valence-corrected chi connectivity index (χ2v) is 4.43. The van der Waals surface area contributed by atoms with Crippen molar-refractivity contribution in [1.29, 1.82) is 0 Å². The number of hydrogen-bond acceptors (Lipinski definition) is 4. The molecule has 0 unspecified atom stereocenters. The third kappa shape index (κ3) is 4.14. The number of ether oxygens (including phenoxy) is 1. The molecule has 1 heterocycles. The van der Waals surface area contributed by atoms with E-state index in [0.29, 0.717) is 24.1 Å². The Morgan fingerprint density at radius 3 is 2.33 bits per heavy atom. The quantitative estimate of drug-likeness (QED) is 0.851. The van der Waals surface area contributed by atoms with Gasteiger partial charge >= 0.3 is 5.97 Å². The topological polar surface area (TPSA) is 68.3 Å². The van der Waals surface area contributed by atoms with E-state index in [-0.39, 0.29) is 11.9 Å². The monoisotopic (exact) mass is 284 g/mol. The zero-order valence-electron chi connectivity index (χ0n) is 11.7. The van der Waals surface area contributed by atoms with Crippen LogP contribution in [-0.4, -0.2) is 30.5 Å². The summed E-state index contributed by atoms with van der Waals surface area (Å²) in [7, 11) is 1.35. The molecule has 5 heteroatoms. The van der Waals surface area contributed by atoms with Gasteiger partial charge in [0, 0.05) is 24.5 Å². The highest BCUT2D eigenvalue weighted by atomic mass is 16.5. The molecule has 0 spiro atoms. The van der Waals surface area contributed by atoms with Gasteiger partial charge in [0.15, 0.2) is 0 Å². The summed E-state index contributed by atoms with van der Waals surface area (Å²) in [6.07, 6.45) is 3.86. The molecule has 0 atom stereocenters. The minimum absolute atomic E-state index is 0.122. The van der Waals surface area contributed by atoms with Crippen molar-refractivity contribution in [3.63, 3.8) is 0 Å². The molecule has 1 aromatic carbocycles. The number of rotatable bonds is 5. The first-order valence-corrected chi connectivity index (χ1v) is 6.56. The Kier molecular flexibility index (Phi) is 5.04. The Hall–Kier alpha value is -2.69. The normalized spacial score (nSPS) is 9.95. The van der Waals surface area contributed by atoms with Gasteiger partial charge in [-0.25, -0.2) is 4.79 Å². The van der Waals surface area contributed by atoms with E-state index in [1.54, 1.807) is 36.7 Å². The molecule has 0 saturated heterocycles. The molecule has 1 amide bonds. The van der Waals surface area contributed by atoms with E-state index in [9.17, 15) is 9.59 Å². The summed E-state index contributed by atoms with van der Waals surface area (Å²) in [5, 5.41) is 2.84. The van der Waals surface area contributed by atoms with E-state index < -0.39 is 0 Å². The van der Waals surface area contributed by atoms with Crippen LogP contribution >= 0.6 is 0 Å². The summed E-state index contributed by atoms with van der Waals surface area (Å²) >= 11 is 0. The van der Waals surface area contributed by atoms with Crippen molar-refractivity contribution in [2.24, 2.45) is 0 Å². The number of amides is 1. The number of nitrogens with zero attached hydrogens (tertiary/aromatic N) is 1. The summed E-state index contributed by atoms with van der Waals surface area (Å²) in [6, 6.07) is 10.5. The Labute approximate surface area is 123 Å². The number of nitrogens with one attached hydrogen (secondary N) is 1. The molecule has 2 aromatic rings. The molecule has 0 fully saturated rings. The Morgan fingerprint density at radius 1 is 1.05 bits per heavy atom. The van der Waals surface area contributed by atoms with Crippen LogP contribution in [0.15, 0.2) is 48.8 Å². The van der Waals surface area contributed by atoms with Gasteiger partial charge in [-0.15, -0.1) is 0 Å². The van der Waals surface area contributed by atoms with Crippen molar-refractivity contribution in [3.8, 4) is 0 Å². The molecular weight excluding hydrogens is 268 g/mol. The molecule has 0 saturated carbocycles. The molecule has 5 nitrogen and oxygen atoms in total. The zero-order chi connectivity index (χ0) is 15.1. The lowest BCUT2D eigenvalue weighted by Crippen LogP contribution is -2.25. The van der Waals surface area contributed by atoms with Crippen LogP contribution in [0.25, 0.3) is 0 Å². The van der Waals surface area contributed by atoms with Crippen LogP contribution in [0.5, 0.6) is 0 Å². The highest BCUT2D eigenvalue weighted by Crippen LogP contribution is 2.06. The van der Waals surface area contributed by atoms with Gasteiger partial charge in [-0.3, -0.25) is 9.78 Å². The number of methoxy groups -OCH3 is 1. The first kappa shape index (κ1) is 14.7. The minimum atomic E-state index is -0.354. The zero-order valence-corrected chi connectivity index (χ0v) is 11.7. The molecule has 0 aliphatic carbocycles. The molecule has 0 radical (unpaired) electrons. The third-order valence-corrected chi connectivity index (χ3v) is 3.02. The molecule has 2 rings (SSSR count). The number of carbonyl (C=O) groups is 2. The van der Waals surface area contributed by atoms with Gasteiger partial charge in [-0.2, -0.15) is 0 Å². The molecule has 108 valence electrons. The smallest absolute Gasteiger partial charge is 0.337 e. The van der Waals surface area contributed by atoms with E-state index in [4.69, 9.17) is 0 Å². The first-order valence-electron chi connectivity index (χ1n) is 6.56. The number of benzene rings is 1. The van der Waals surface area contributed by atoms with Crippen molar-refractivity contribution in [2.45, 2.75) is 6.42 Å². The summed E-state index contributed by atoms with van der Waals surface area (Å²) in [4.78, 5) is 27.0. The van der Waals surface area contributed by atoms with Gasteiger partial charge in [0.1, 0.15) is 0 Å². The highest BCUT2D eigenvalue weighted by molar-refractivity contribution is 5.94. The second kappa shape index (κ2) is 7.19. The van der Waals surface area contributed by atoms with E-state index in [0.717, 1.165) is 5.56 Å². The van der Waals surface area contributed by atoms with E-state index >= 15 is 0 Å². The Bertz CT molecular complexity index is 609. The molecule has 0 aliphatic rings. The van der Waals surface area contributed by atoms with Crippen LogP contribution in [0.1, 0.15) is 26.3 Å². The average Bonchev–Trinajstić information content (AvgIpc) is 2.55. The van der Waals surface area contributed by atoms with Crippen LogP contribution in [0.2, 0.25) is 0 Å². The standard InChI is InChI=1S/C16H16N2O3/c1-21-16(20)14-4-2-12(3-5-14)6-11-18-15(19)13-7-9-17-10-8-13/h2-5,7-10H,6,11H2,1H3,(H,18,19). The van der Waals surface area contributed by atoms with Crippen molar-refractivity contribution in [2.75, 3.05) is 13.7 Å².